The smallest absolute Gasteiger partial charge is 0.355 e. The van der Waals surface area contributed by atoms with Crippen molar-refractivity contribution in [1.29, 1.82) is 0 Å². The monoisotopic (exact) mass is 289 g/mol. The van der Waals surface area contributed by atoms with Crippen LogP contribution in [0, 0.1) is 0 Å². The molecule has 0 spiro atoms. The van der Waals surface area contributed by atoms with Gasteiger partial charge in [-0.2, -0.15) is 0 Å². The number of fused-ring (bicyclic) bond motifs is 1. The third-order valence-electron chi connectivity index (χ3n) is 2.86. The van der Waals surface area contributed by atoms with Gasteiger partial charge in [-0.05, 0) is 23.6 Å². The van der Waals surface area contributed by atoms with Crippen molar-refractivity contribution in [1.82, 2.24) is 14.5 Å². The lowest BCUT2D eigenvalue weighted by atomic mass is 10.4. The molecule has 3 aromatic rings. The van der Waals surface area contributed by atoms with Gasteiger partial charge in [-0.1, -0.05) is 0 Å². The molecule has 0 atom stereocenters. The van der Waals surface area contributed by atoms with Crippen LogP contribution < -0.4 is 5.56 Å². The summed E-state index contributed by atoms with van der Waals surface area (Å²) in [6, 6.07) is 5.19. The SMILES string of the molecule is Cn1cccc1C(=O)OCc1nc2ccsc2c(=O)[nH]1. The summed E-state index contributed by atoms with van der Waals surface area (Å²) in [4.78, 5) is 30.5. The van der Waals surface area contributed by atoms with Crippen LogP contribution >= 0.6 is 11.3 Å². The van der Waals surface area contributed by atoms with E-state index < -0.39 is 5.97 Å². The van der Waals surface area contributed by atoms with Crippen molar-refractivity contribution in [3.8, 4) is 0 Å². The van der Waals surface area contributed by atoms with Crippen LogP contribution in [0.1, 0.15) is 16.3 Å². The lowest BCUT2D eigenvalue weighted by molar-refractivity contribution is 0.0451. The normalized spacial score (nSPS) is 10.8. The highest BCUT2D eigenvalue weighted by atomic mass is 32.1. The summed E-state index contributed by atoms with van der Waals surface area (Å²) in [7, 11) is 1.76. The minimum atomic E-state index is -0.453. The molecule has 0 aliphatic rings. The number of aryl methyl sites for hydroxylation is 1. The Morgan fingerprint density at radius 2 is 2.35 bits per heavy atom. The van der Waals surface area contributed by atoms with Crippen LogP contribution in [0.15, 0.2) is 34.6 Å². The van der Waals surface area contributed by atoms with Crippen LogP contribution in [0.3, 0.4) is 0 Å². The lowest BCUT2D eigenvalue weighted by Crippen LogP contribution is -2.14. The van der Waals surface area contributed by atoms with Crippen molar-refractivity contribution in [2.75, 3.05) is 0 Å². The number of carbonyl (C=O) groups is 1. The molecule has 0 saturated heterocycles. The van der Waals surface area contributed by atoms with E-state index in [9.17, 15) is 9.59 Å². The lowest BCUT2D eigenvalue weighted by Gasteiger charge is -2.05. The minimum Gasteiger partial charge on any atom is -0.453 e. The van der Waals surface area contributed by atoms with E-state index in [1.54, 1.807) is 41.4 Å². The highest BCUT2D eigenvalue weighted by molar-refractivity contribution is 7.17. The zero-order valence-electron chi connectivity index (χ0n) is 10.6. The second-order valence-electron chi connectivity index (χ2n) is 4.23. The quantitative estimate of drug-likeness (QED) is 0.744. The molecule has 102 valence electrons. The molecule has 0 amide bonds. The second-order valence-corrected chi connectivity index (χ2v) is 5.14. The standard InChI is InChI=1S/C13H11N3O3S/c1-16-5-2-3-9(16)13(18)19-7-10-14-8-4-6-20-11(8)12(17)15-10/h2-6H,7H2,1H3,(H,14,15,17). The highest BCUT2D eigenvalue weighted by Gasteiger charge is 2.12. The molecule has 0 bridgehead atoms. The molecule has 3 heterocycles. The van der Waals surface area contributed by atoms with E-state index in [1.165, 1.54) is 11.3 Å². The average Bonchev–Trinajstić information content (AvgIpc) is 3.04. The van der Waals surface area contributed by atoms with Crippen molar-refractivity contribution in [2.24, 2.45) is 7.05 Å². The Morgan fingerprint density at radius 1 is 1.50 bits per heavy atom. The van der Waals surface area contributed by atoms with Gasteiger partial charge in [0.25, 0.3) is 5.56 Å². The van der Waals surface area contributed by atoms with Crippen LogP contribution in [-0.2, 0) is 18.4 Å². The molecule has 0 saturated carbocycles. The van der Waals surface area contributed by atoms with E-state index >= 15 is 0 Å². The zero-order valence-corrected chi connectivity index (χ0v) is 11.4. The van der Waals surface area contributed by atoms with Gasteiger partial charge in [0, 0.05) is 13.2 Å². The van der Waals surface area contributed by atoms with Crippen LogP contribution in [0.2, 0.25) is 0 Å². The molecule has 0 radical (unpaired) electrons. The zero-order chi connectivity index (χ0) is 14.1. The van der Waals surface area contributed by atoms with Crippen molar-refractivity contribution in [3.63, 3.8) is 0 Å². The predicted molar refractivity (Wildman–Crippen MR) is 74.8 cm³/mol. The summed E-state index contributed by atoms with van der Waals surface area (Å²) < 4.78 is 7.38. The van der Waals surface area contributed by atoms with Crippen LogP contribution in [-0.4, -0.2) is 20.5 Å². The summed E-state index contributed by atoms with van der Waals surface area (Å²) in [5, 5.41) is 1.80. The molecular weight excluding hydrogens is 278 g/mol. The fourth-order valence-electron chi connectivity index (χ4n) is 1.87. The first kappa shape index (κ1) is 12.6. The second kappa shape index (κ2) is 4.93. The first-order valence-corrected chi connectivity index (χ1v) is 6.78. The van der Waals surface area contributed by atoms with Gasteiger partial charge in [-0.25, -0.2) is 9.78 Å². The Balaban J connectivity index is 1.79. The first-order chi connectivity index (χ1) is 9.65. The Hall–Kier alpha value is -2.41. The summed E-state index contributed by atoms with van der Waals surface area (Å²) in [5.74, 6) is -0.117. The Labute approximate surface area is 117 Å². The Morgan fingerprint density at radius 3 is 3.10 bits per heavy atom. The van der Waals surface area contributed by atoms with E-state index in [2.05, 4.69) is 9.97 Å². The molecule has 0 aromatic carbocycles. The average molecular weight is 289 g/mol. The fourth-order valence-corrected chi connectivity index (χ4v) is 2.60. The van der Waals surface area contributed by atoms with Crippen molar-refractivity contribution < 1.29 is 9.53 Å². The number of aromatic amines is 1. The van der Waals surface area contributed by atoms with Crippen molar-refractivity contribution in [2.45, 2.75) is 6.61 Å². The van der Waals surface area contributed by atoms with E-state index in [4.69, 9.17) is 4.74 Å². The maximum atomic E-state index is 11.8. The topological polar surface area (TPSA) is 77.0 Å². The predicted octanol–water partition coefficient (Wildman–Crippen LogP) is 1.68. The van der Waals surface area contributed by atoms with Crippen molar-refractivity contribution in [3.05, 3.63) is 51.6 Å². The number of hydrogen-bond acceptors (Lipinski definition) is 5. The van der Waals surface area contributed by atoms with Gasteiger partial charge in [0.1, 0.15) is 22.8 Å². The Bertz CT molecular complexity index is 831. The molecule has 0 aliphatic carbocycles. The molecular formula is C13H11N3O3S. The third kappa shape index (κ3) is 2.23. The fraction of sp³-hybridized carbons (Fsp3) is 0.154. The molecule has 3 aromatic heterocycles. The number of aromatic nitrogens is 3. The van der Waals surface area contributed by atoms with E-state index in [0.717, 1.165) is 0 Å². The first-order valence-electron chi connectivity index (χ1n) is 5.90. The number of carbonyl (C=O) groups excluding carboxylic acids is 1. The van der Waals surface area contributed by atoms with Gasteiger partial charge >= 0.3 is 5.97 Å². The summed E-state index contributed by atoms with van der Waals surface area (Å²) in [6.45, 7) is -0.0644. The molecule has 0 aliphatic heterocycles. The number of nitrogens with zero attached hydrogens (tertiary/aromatic N) is 2. The van der Waals surface area contributed by atoms with Crippen LogP contribution in [0.25, 0.3) is 10.2 Å². The molecule has 20 heavy (non-hydrogen) atoms. The molecule has 0 unspecified atom stereocenters. The summed E-state index contributed by atoms with van der Waals surface area (Å²) >= 11 is 1.33. The van der Waals surface area contributed by atoms with E-state index in [1.807, 2.05) is 0 Å². The maximum Gasteiger partial charge on any atom is 0.355 e. The Kier molecular flexibility index (Phi) is 3.11. The number of ether oxygens (including phenoxy) is 1. The maximum absolute atomic E-state index is 11.8. The van der Waals surface area contributed by atoms with Crippen LogP contribution in [0.5, 0.6) is 0 Å². The molecule has 0 fully saturated rings. The van der Waals surface area contributed by atoms with E-state index in [0.29, 0.717) is 21.7 Å². The van der Waals surface area contributed by atoms with Crippen molar-refractivity contribution >= 4 is 27.5 Å². The molecule has 3 rings (SSSR count). The number of H-pyrrole nitrogens is 1. The van der Waals surface area contributed by atoms with Gasteiger partial charge in [-0.15, -0.1) is 11.3 Å². The minimum absolute atomic E-state index is 0.0644. The largest absolute Gasteiger partial charge is 0.453 e. The number of esters is 1. The number of rotatable bonds is 3. The van der Waals surface area contributed by atoms with Crippen LogP contribution in [0.4, 0.5) is 0 Å². The number of hydrogen-bond donors (Lipinski definition) is 1. The number of thiophene rings is 1. The van der Waals surface area contributed by atoms with E-state index in [-0.39, 0.29) is 12.2 Å². The van der Waals surface area contributed by atoms with Gasteiger partial charge in [-0.3, -0.25) is 4.79 Å². The third-order valence-corrected chi connectivity index (χ3v) is 3.76. The van der Waals surface area contributed by atoms with Gasteiger partial charge in [0.15, 0.2) is 0 Å². The molecule has 6 nitrogen and oxygen atoms in total. The van der Waals surface area contributed by atoms with Gasteiger partial charge < -0.3 is 14.3 Å². The summed E-state index contributed by atoms with van der Waals surface area (Å²) in [5.41, 5.74) is 0.850. The molecule has 7 heteroatoms. The number of nitrogens with one attached hydrogen (secondary N) is 1. The summed E-state index contributed by atoms with van der Waals surface area (Å²) in [6.07, 6.45) is 1.76. The van der Waals surface area contributed by atoms with Gasteiger partial charge in [0.05, 0.1) is 5.52 Å². The van der Waals surface area contributed by atoms with Gasteiger partial charge in [0.2, 0.25) is 0 Å². The molecule has 1 N–H and O–H groups in total. The highest BCUT2D eigenvalue weighted by Crippen LogP contribution is 2.14.